The van der Waals surface area contributed by atoms with E-state index in [1.807, 2.05) is 0 Å². The van der Waals surface area contributed by atoms with Crippen LogP contribution in [0.1, 0.15) is 0 Å². The number of nitrogens with two attached hydrogens (primary N) is 1. The number of carbonyl (C=O) groups is 1. The number of thiol groups is 1. The molecular weight excluding hydrogens is 266 g/mol. The molecule has 0 heterocycles. The maximum absolute atomic E-state index is 9.76. The Hall–Kier alpha value is 0.169. The van der Waals surface area contributed by atoms with E-state index in [-0.39, 0.29) is 22.8 Å². The van der Waals surface area contributed by atoms with Crippen LogP contribution >= 0.6 is 12.6 Å². The van der Waals surface area contributed by atoms with Crippen molar-refractivity contribution in [1.29, 1.82) is 0 Å². The standard InChI is InChI=1S/C3H7NO2S.Fe.H2O4S/c4-2(1-7)3(5)6;;1-5(2,3)4/h2,7H,1,4H2,(H,5,6);;(H2,1,2,3,4)/q;+2;/p-2/t2-;;/m0../s1. The summed E-state index contributed by atoms with van der Waals surface area (Å²) in [6.45, 7) is 0. The van der Waals surface area contributed by atoms with E-state index in [0.717, 1.165) is 0 Å². The second-order valence-electron chi connectivity index (χ2n) is 1.54. The SMILES string of the molecule is N[C@@H](CS)C(=O)O.O=S(=O)([O-])[O-].[Fe+2]. The van der Waals surface area contributed by atoms with Gasteiger partial charge in [-0.2, -0.15) is 12.6 Å². The number of hydrogen-bond donors (Lipinski definition) is 3. The third kappa shape index (κ3) is 33.1. The van der Waals surface area contributed by atoms with Gasteiger partial charge < -0.3 is 19.9 Å². The predicted molar refractivity (Wildman–Crippen MR) is 39.9 cm³/mol. The average Bonchev–Trinajstić information content (AvgIpc) is 1.82. The molecule has 0 spiro atoms. The molecule has 3 N–H and O–H groups in total. The molecule has 0 aliphatic carbocycles. The molecule has 0 aromatic heterocycles. The number of rotatable bonds is 2. The minimum absolute atomic E-state index is 0. The van der Waals surface area contributed by atoms with Crippen molar-refractivity contribution in [3.05, 3.63) is 0 Å². The van der Waals surface area contributed by atoms with E-state index in [4.69, 9.17) is 28.4 Å². The first-order valence-corrected chi connectivity index (χ1v) is 4.41. The summed E-state index contributed by atoms with van der Waals surface area (Å²) in [5.74, 6) is -0.815. The molecule has 0 rings (SSSR count). The molecule has 0 saturated carbocycles. The average molecular weight is 273 g/mol. The number of hydrogen-bond acceptors (Lipinski definition) is 7. The fraction of sp³-hybridized carbons (Fsp3) is 0.667. The Morgan fingerprint density at radius 3 is 1.77 bits per heavy atom. The normalized spacial score (nSPS) is 11.7. The second kappa shape index (κ2) is 8.75. The van der Waals surface area contributed by atoms with Crippen molar-refractivity contribution in [2.24, 2.45) is 5.73 Å². The van der Waals surface area contributed by atoms with Gasteiger partial charge in [0, 0.05) is 16.2 Å². The molecule has 80 valence electrons. The van der Waals surface area contributed by atoms with Crippen molar-refractivity contribution in [3.63, 3.8) is 0 Å². The third-order valence-electron chi connectivity index (χ3n) is 0.514. The molecule has 0 unspecified atom stereocenters. The van der Waals surface area contributed by atoms with Crippen LogP contribution < -0.4 is 5.73 Å². The summed E-state index contributed by atoms with van der Waals surface area (Å²) >= 11 is 3.65. The van der Waals surface area contributed by atoms with E-state index >= 15 is 0 Å². The molecule has 0 bridgehead atoms. The maximum Gasteiger partial charge on any atom is 2.00 e. The molecule has 13 heavy (non-hydrogen) atoms. The van der Waals surface area contributed by atoms with Gasteiger partial charge in [0.25, 0.3) is 0 Å². The van der Waals surface area contributed by atoms with Gasteiger partial charge in [-0.15, -0.1) is 0 Å². The number of carboxylic acids is 1. The topological polar surface area (TPSA) is 144 Å². The Morgan fingerprint density at radius 1 is 1.54 bits per heavy atom. The Bertz CT molecular complexity index is 220. The zero-order chi connectivity index (χ0) is 10.4. The van der Waals surface area contributed by atoms with E-state index in [1.165, 1.54) is 0 Å². The number of carboxylic acid groups (broad SMARTS) is 1. The van der Waals surface area contributed by atoms with Crippen LogP contribution in [0.15, 0.2) is 0 Å². The Balaban J connectivity index is -0.000000150. The molecular formula is C3H7FeNO6S2. The molecule has 0 amide bonds. The van der Waals surface area contributed by atoms with Crippen LogP contribution in [0.5, 0.6) is 0 Å². The van der Waals surface area contributed by atoms with E-state index < -0.39 is 22.4 Å². The molecule has 0 aromatic carbocycles. The summed E-state index contributed by atoms with van der Waals surface area (Å²) < 4.78 is 34.1. The van der Waals surface area contributed by atoms with Crippen LogP contribution in [0.2, 0.25) is 0 Å². The van der Waals surface area contributed by atoms with Crippen molar-refractivity contribution in [2.45, 2.75) is 6.04 Å². The summed E-state index contributed by atoms with van der Waals surface area (Å²) in [6, 6.07) is -0.816. The molecule has 0 saturated heterocycles. The van der Waals surface area contributed by atoms with E-state index in [9.17, 15) is 4.79 Å². The van der Waals surface area contributed by atoms with Gasteiger partial charge in [-0.05, 0) is 0 Å². The molecule has 0 radical (unpaired) electrons. The minimum atomic E-state index is -5.17. The summed E-state index contributed by atoms with van der Waals surface area (Å²) in [4.78, 5) is 9.76. The first kappa shape index (κ1) is 18.9. The first-order chi connectivity index (χ1) is 5.18. The van der Waals surface area contributed by atoms with Gasteiger partial charge in [0.05, 0.1) is 0 Å². The molecule has 0 fully saturated rings. The van der Waals surface area contributed by atoms with Gasteiger partial charge in [0.1, 0.15) is 6.04 Å². The van der Waals surface area contributed by atoms with Gasteiger partial charge in [-0.3, -0.25) is 13.2 Å². The van der Waals surface area contributed by atoms with Crippen molar-refractivity contribution >= 4 is 29.0 Å². The zero-order valence-electron chi connectivity index (χ0n) is 6.06. The molecule has 10 heteroatoms. The fourth-order valence-electron chi connectivity index (χ4n) is 0.0781. The smallest absolute Gasteiger partial charge is 0.759 e. The van der Waals surface area contributed by atoms with Crippen molar-refractivity contribution in [2.75, 3.05) is 5.75 Å². The summed E-state index contributed by atoms with van der Waals surface area (Å²) in [7, 11) is -5.17. The summed E-state index contributed by atoms with van der Waals surface area (Å²) in [6.07, 6.45) is 0. The van der Waals surface area contributed by atoms with Crippen LogP contribution in [0.4, 0.5) is 0 Å². The molecule has 1 atom stereocenters. The molecule has 7 nitrogen and oxygen atoms in total. The predicted octanol–water partition coefficient (Wildman–Crippen LogP) is -2.01. The van der Waals surface area contributed by atoms with Gasteiger partial charge in [0.15, 0.2) is 0 Å². The Kier molecular flexibility index (Phi) is 12.7. The van der Waals surface area contributed by atoms with Gasteiger partial charge in [-0.1, -0.05) is 0 Å². The van der Waals surface area contributed by atoms with Crippen LogP contribution in [-0.2, 0) is 32.3 Å². The van der Waals surface area contributed by atoms with Gasteiger partial charge in [0.2, 0.25) is 0 Å². The van der Waals surface area contributed by atoms with E-state index in [1.54, 1.807) is 0 Å². The van der Waals surface area contributed by atoms with Crippen LogP contribution in [0.25, 0.3) is 0 Å². The molecule has 0 aliphatic rings. The summed E-state index contributed by atoms with van der Waals surface area (Å²) in [5, 5.41) is 8.01. The van der Waals surface area contributed by atoms with Crippen molar-refractivity contribution in [3.8, 4) is 0 Å². The fourth-order valence-corrected chi connectivity index (χ4v) is 0.234. The first-order valence-electron chi connectivity index (χ1n) is 2.44. The quantitative estimate of drug-likeness (QED) is 0.228. The van der Waals surface area contributed by atoms with Crippen LogP contribution in [0.3, 0.4) is 0 Å². The number of aliphatic carboxylic acids is 1. The Morgan fingerprint density at radius 2 is 1.77 bits per heavy atom. The second-order valence-corrected chi connectivity index (χ2v) is 2.72. The minimum Gasteiger partial charge on any atom is -0.759 e. The van der Waals surface area contributed by atoms with Gasteiger partial charge in [-0.25, -0.2) is 0 Å². The monoisotopic (exact) mass is 273 g/mol. The Labute approximate surface area is 91.2 Å². The van der Waals surface area contributed by atoms with Crippen molar-refractivity contribution < 1.29 is 44.5 Å². The van der Waals surface area contributed by atoms with Crippen LogP contribution in [0, 0.1) is 0 Å². The van der Waals surface area contributed by atoms with E-state index in [0.29, 0.717) is 0 Å². The summed E-state index contributed by atoms with van der Waals surface area (Å²) in [5.41, 5.74) is 4.94. The van der Waals surface area contributed by atoms with Crippen LogP contribution in [-0.4, -0.2) is 40.4 Å². The molecule has 0 aliphatic heterocycles. The van der Waals surface area contributed by atoms with E-state index in [2.05, 4.69) is 12.6 Å². The van der Waals surface area contributed by atoms with Gasteiger partial charge >= 0.3 is 23.0 Å². The molecule has 0 aromatic rings. The third-order valence-corrected chi connectivity index (χ3v) is 0.907. The largest absolute Gasteiger partial charge is 2.00 e. The zero-order valence-corrected chi connectivity index (χ0v) is 8.87. The van der Waals surface area contributed by atoms with Crippen molar-refractivity contribution in [1.82, 2.24) is 0 Å². The maximum atomic E-state index is 9.76.